The monoisotopic (exact) mass is 299 g/mol. The van der Waals surface area contributed by atoms with Crippen molar-refractivity contribution in [1.29, 1.82) is 5.26 Å². The van der Waals surface area contributed by atoms with Gasteiger partial charge in [-0.3, -0.25) is 0 Å². The van der Waals surface area contributed by atoms with Gasteiger partial charge in [0.25, 0.3) is 0 Å². The van der Waals surface area contributed by atoms with Crippen LogP contribution < -0.4 is 10.1 Å². The Balaban J connectivity index is 2.19. The molecule has 1 N–H and O–H groups in total. The Morgan fingerprint density at radius 2 is 1.95 bits per heavy atom. The largest absolute Gasteiger partial charge is 0.497 e. The van der Waals surface area contributed by atoms with Crippen LogP contribution in [0.5, 0.6) is 5.75 Å². The minimum atomic E-state index is 0.0991. The van der Waals surface area contributed by atoms with Crippen molar-refractivity contribution in [2.24, 2.45) is 5.41 Å². The Labute approximate surface area is 130 Å². The number of hydrogen-bond acceptors (Lipinski definition) is 5. The highest BCUT2D eigenvalue weighted by atomic mass is 16.5. The van der Waals surface area contributed by atoms with Crippen molar-refractivity contribution in [2.45, 2.75) is 27.3 Å². The van der Waals surface area contributed by atoms with Crippen LogP contribution in [-0.4, -0.2) is 28.6 Å². The molecule has 0 bridgehead atoms. The van der Waals surface area contributed by atoms with Gasteiger partial charge in [0.15, 0.2) is 5.82 Å². The molecule has 2 aromatic rings. The molecule has 6 heteroatoms. The van der Waals surface area contributed by atoms with E-state index in [-0.39, 0.29) is 5.41 Å². The van der Waals surface area contributed by atoms with E-state index in [1.165, 1.54) is 0 Å². The van der Waals surface area contributed by atoms with Crippen molar-refractivity contribution in [3.8, 4) is 11.8 Å². The molecule has 1 aromatic heterocycles. The minimum Gasteiger partial charge on any atom is -0.497 e. The summed E-state index contributed by atoms with van der Waals surface area (Å²) in [7, 11) is 1.64. The van der Waals surface area contributed by atoms with Gasteiger partial charge in [-0.25, -0.2) is 4.68 Å². The maximum atomic E-state index is 9.17. The summed E-state index contributed by atoms with van der Waals surface area (Å²) in [5.74, 6) is 1.47. The first-order valence-electron chi connectivity index (χ1n) is 7.13. The van der Waals surface area contributed by atoms with Crippen LogP contribution in [-0.2, 0) is 6.54 Å². The molecule has 6 nitrogen and oxygen atoms in total. The number of aromatic nitrogens is 3. The van der Waals surface area contributed by atoms with Gasteiger partial charge in [0, 0.05) is 6.54 Å². The van der Waals surface area contributed by atoms with Gasteiger partial charge in [-0.1, -0.05) is 38.1 Å². The molecule has 22 heavy (non-hydrogen) atoms. The molecule has 2 rings (SSSR count). The van der Waals surface area contributed by atoms with E-state index in [1.807, 2.05) is 24.3 Å². The van der Waals surface area contributed by atoms with Crippen molar-refractivity contribution >= 4 is 5.82 Å². The first kappa shape index (κ1) is 15.8. The third kappa shape index (κ3) is 3.98. The first-order chi connectivity index (χ1) is 10.4. The molecule has 0 amide bonds. The van der Waals surface area contributed by atoms with Gasteiger partial charge in [0.2, 0.25) is 5.69 Å². The second-order valence-electron chi connectivity index (χ2n) is 6.32. The van der Waals surface area contributed by atoms with Crippen LogP contribution in [0, 0.1) is 16.7 Å². The summed E-state index contributed by atoms with van der Waals surface area (Å²) in [6.07, 6.45) is 0. The van der Waals surface area contributed by atoms with Gasteiger partial charge < -0.3 is 10.1 Å². The highest BCUT2D eigenvalue weighted by Gasteiger charge is 2.16. The topological polar surface area (TPSA) is 75.8 Å². The average molecular weight is 299 g/mol. The predicted molar refractivity (Wildman–Crippen MR) is 84.8 cm³/mol. The quantitative estimate of drug-likeness (QED) is 0.918. The van der Waals surface area contributed by atoms with E-state index in [2.05, 4.69) is 42.5 Å². The van der Waals surface area contributed by atoms with Crippen LogP contribution in [0.2, 0.25) is 0 Å². The lowest BCUT2D eigenvalue weighted by molar-refractivity contribution is 0.414. The molecular weight excluding hydrogens is 278 g/mol. The molecule has 0 spiro atoms. The van der Waals surface area contributed by atoms with E-state index >= 15 is 0 Å². The second kappa shape index (κ2) is 6.48. The highest BCUT2D eigenvalue weighted by molar-refractivity contribution is 5.48. The van der Waals surface area contributed by atoms with Crippen molar-refractivity contribution < 1.29 is 4.74 Å². The number of ether oxygens (including phenoxy) is 1. The Morgan fingerprint density at radius 3 is 2.50 bits per heavy atom. The van der Waals surface area contributed by atoms with E-state index in [0.29, 0.717) is 18.1 Å². The first-order valence-corrected chi connectivity index (χ1v) is 7.13. The number of nitrogens with one attached hydrogen (secondary N) is 1. The molecule has 0 radical (unpaired) electrons. The van der Waals surface area contributed by atoms with E-state index in [9.17, 15) is 5.26 Å². The van der Waals surface area contributed by atoms with Gasteiger partial charge in [0.1, 0.15) is 11.8 Å². The van der Waals surface area contributed by atoms with Crippen LogP contribution in [0.25, 0.3) is 0 Å². The normalized spacial score (nSPS) is 11.0. The Bertz CT molecular complexity index is 661. The summed E-state index contributed by atoms with van der Waals surface area (Å²) < 4.78 is 6.86. The van der Waals surface area contributed by atoms with Crippen LogP contribution in [0.1, 0.15) is 32.0 Å². The Kier molecular flexibility index (Phi) is 4.66. The zero-order chi connectivity index (χ0) is 16.2. The number of hydrogen-bond donors (Lipinski definition) is 1. The molecule has 0 saturated heterocycles. The Hall–Kier alpha value is -2.55. The lowest BCUT2D eigenvalue weighted by atomic mass is 9.97. The van der Waals surface area contributed by atoms with Crippen LogP contribution >= 0.6 is 0 Å². The molecule has 1 aromatic carbocycles. The summed E-state index contributed by atoms with van der Waals surface area (Å²) in [5.41, 5.74) is 1.48. The van der Waals surface area contributed by atoms with Crippen LogP contribution in [0.15, 0.2) is 24.3 Å². The smallest absolute Gasteiger partial charge is 0.206 e. The molecular formula is C16H21N5O. The number of nitriles is 1. The van der Waals surface area contributed by atoms with Crippen molar-refractivity contribution in [3.05, 3.63) is 35.5 Å². The summed E-state index contributed by atoms with van der Waals surface area (Å²) in [6, 6.07) is 9.83. The number of nitrogens with zero attached hydrogens (tertiary/aromatic N) is 4. The minimum absolute atomic E-state index is 0.0991. The number of rotatable bonds is 5. The summed E-state index contributed by atoms with van der Waals surface area (Å²) in [4.78, 5) is 0. The zero-order valence-electron chi connectivity index (χ0n) is 13.4. The maximum absolute atomic E-state index is 9.17. The summed E-state index contributed by atoms with van der Waals surface area (Å²) in [5, 5.41) is 20.5. The molecule has 0 atom stereocenters. The lowest BCUT2D eigenvalue weighted by Crippen LogP contribution is -2.21. The third-order valence-electron chi connectivity index (χ3n) is 3.12. The molecule has 0 aliphatic rings. The second-order valence-corrected chi connectivity index (χ2v) is 6.32. The molecule has 0 aliphatic carbocycles. The standard InChI is InChI=1S/C16H21N5O/c1-16(2,3)11-18-15-14(9-17)19-20-21(15)10-12-5-7-13(22-4)8-6-12/h5-8,18H,10-11H2,1-4H3. The fraction of sp³-hybridized carbons (Fsp3) is 0.438. The zero-order valence-corrected chi connectivity index (χ0v) is 13.4. The van der Waals surface area contributed by atoms with Crippen molar-refractivity contribution in [1.82, 2.24) is 15.0 Å². The number of methoxy groups -OCH3 is 1. The van der Waals surface area contributed by atoms with E-state index in [1.54, 1.807) is 11.8 Å². The highest BCUT2D eigenvalue weighted by Crippen LogP contribution is 2.19. The van der Waals surface area contributed by atoms with Crippen LogP contribution in [0.4, 0.5) is 5.82 Å². The number of benzene rings is 1. The van der Waals surface area contributed by atoms with Crippen molar-refractivity contribution in [3.63, 3.8) is 0 Å². The lowest BCUT2D eigenvalue weighted by Gasteiger charge is -2.19. The van der Waals surface area contributed by atoms with Gasteiger partial charge in [-0.2, -0.15) is 5.26 Å². The van der Waals surface area contributed by atoms with Crippen molar-refractivity contribution in [2.75, 3.05) is 19.0 Å². The van der Waals surface area contributed by atoms with Gasteiger partial charge in [-0.05, 0) is 23.1 Å². The van der Waals surface area contributed by atoms with Gasteiger partial charge >= 0.3 is 0 Å². The van der Waals surface area contributed by atoms with Gasteiger partial charge in [0.05, 0.1) is 13.7 Å². The predicted octanol–water partition coefficient (Wildman–Crippen LogP) is 2.66. The van der Waals surface area contributed by atoms with Gasteiger partial charge in [-0.15, -0.1) is 5.10 Å². The number of anilines is 1. The maximum Gasteiger partial charge on any atom is 0.206 e. The molecule has 1 heterocycles. The molecule has 0 aliphatic heterocycles. The van der Waals surface area contributed by atoms with E-state index < -0.39 is 0 Å². The SMILES string of the molecule is COc1ccc(Cn2nnc(C#N)c2NCC(C)(C)C)cc1. The summed E-state index contributed by atoms with van der Waals surface area (Å²) in [6.45, 7) is 7.67. The molecule has 0 unspecified atom stereocenters. The van der Waals surface area contributed by atoms with E-state index in [0.717, 1.165) is 17.9 Å². The molecule has 116 valence electrons. The average Bonchev–Trinajstić information content (AvgIpc) is 2.87. The Morgan fingerprint density at radius 1 is 1.27 bits per heavy atom. The van der Waals surface area contributed by atoms with Crippen LogP contribution in [0.3, 0.4) is 0 Å². The molecule has 0 fully saturated rings. The third-order valence-corrected chi connectivity index (χ3v) is 3.12. The fourth-order valence-electron chi connectivity index (χ4n) is 1.93. The summed E-state index contributed by atoms with van der Waals surface area (Å²) >= 11 is 0. The van der Waals surface area contributed by atoms with E-state index in [4.69, 9.17) is 4.74 Å². The fourth-order valence-corrected chi connectivity index (χ4v) is 1.93. The molecule has 0 saturated carbocycles.